The monoisotopic (exact) mass is 373 g/mol. The van der Waals surface area contributed by atoms with E-state index in [1.54, 1.807) is 19.2 Å². The van der Waals surface area contributed by atoms with Crippen LogP contribution in [0.3, 0.4) is 0 Å². The number of nitrogens with zero attached hydrogens (tertiary/aromatic N) is 3. The van der Waals surface area contributed by atoms with Gasteiger partial charge in [-0.15, -0.1) is 0 Å². The van der Waals surface area contributed by atoms with Crippen molar-refractivity contribution in [3.8, 4) is 0 Å². The largest absolute Gasteiger partial charge is 0.387 e. The predicted molar refractivity (Wildman–Crippen MR) is 104 cm³/mol. The molecule has 0 aliphatic heterocycles. The number of benzene rings is 1. The number of aromatic nitrogens is 2. The van der Waals surface area contributed by atoms with E-state index in [4.69, 9.17) is 5.10 Å². The van der Waals surface area contributed by atoms with Gasteiger partial charge in [0.15, 0.2) is 5.96 Å². The quantitative estimate of drug-likeness (QED) is 0.556. The van der Waals surface area contributed by atoms with Gasteiger partial charge in [0.2, 0.25) is 0 Å². The normalized spacial score (nSPS) is 18.3. The first-order valence-electron chi connectivity index (χ1n) is 9.44. The van der Waals surface area contributed by atoms with E-state index in [0.717, 1.165) is 25.0 Å². The van der Waals surface area contributed by atoms with Gasteiger partial charge in [-0.2, -0.15) is 5.10 Å². The number of guanidine groups is 1. The Morgan fingerprint density at radius 2 is 2.26 bits per heavy atom. The van der Waals surface area contributed by atoms with E-state index in [1.807, 2.05) is 4.68 Å². The molecule has 2 atom stereocenters. The Morgan fingerprint density at radius 1 is 1.44 bits per heavy atom. The summed E-state index contributed by atoms with van der Waals surface area (Å²) < 4.78 is 15.3. The van der Waals surface area contributed by atoms with Crippen LogP contribution in [0.5, 0.6) is 0 Å². The minimum Gasteiger partial charge on any atom is -0.387 e. The fraction of sp³-hybridized carbons (Fsp3) is 0.500. The van der Waals surface area contributed by atoms with Crippen LogP contribution < -0.4 is 10.6 Å². The number of aliphatic hydroxyl groups is 1. The van der Waals surface area contributed by atoms with E-state index in [-0.39, 0.29) is 18.4 Å². The summed E-state index contributed by atoms with van der Waals surface area (Å²) in [5.41, 5.74) is 3.01. The number of aliphatic hydroxyl groups excluding tert-OH is 1. The van der Waals surface area contributed by atoms with E-state index < -0.39 is 6.10 Å². The zero-order chi connectivity index (χ0) is 19.4. The van der Waals surface area contributed by atoms with Crippen molar-refractivity contribution in [2.75, 3.05) is 13.6 Å². The molecule has 0 saturated carbocycles. The molecule has 0 bridgehead atoms. The van der Waals surface area contributed by atoms with Gasteiger partial charge in [0, 0.05) is 38.3 Å². The number of rotatable bonds is 5. The lowest BCUT2D eigenvalue weighted by Gasteiger charge is -2.25. The van der Waals surface area contributed by atoms with Crippen molar-refractivity contribution in [1.29, 1.82) is 0 Å². The van der Waals surface area contributed by atoms with Crippen molar-refractivity contribution in [2.45, 2.75) is 51.3 Å². The molecule has 1 aliphatic rings. The maximum atomic E-state index is 13.3. The SMILES string of the molecule is CN=C(NCC(O)c1cccc(F)c1)NC1CCc2cn(C(C)C)nc2C1. The Labute approximate surface area is 159 Å². The summed E-state index contributed by atoms with van der Waals surface area (Å²) in [7, 11) is 1.70. The van der Waals surface area contributed by atoms with E-state index >= 15 is 0 Å². The molecule has 7 heteroatoms. The fourth-order valence-electron chi connectivity index (χ4n) is 3.31. The minimum atomic E-state index is -0.807. The van der Waals surface area contributed by atoms with E-state index in [2.05, 4.69) is 35.7 Å². The Balaban J connectivity index is 1.54. The Hall–Kier alpha value is -2.41. The lowest BCUT2D eigenvalue weighted by Crippen LogP contribution is -2.46. The van der Waals surface area contributed by atoms with E-state index in [1.165, 1.54) is 17.7 Å². The maximum absolute atomic E-state index is 13.3. The van der Waals surface area contributed by atoms with Crippen LogP contribution in [0.1, 0.15) is 49.2 Å². The molecule has 3 N–H and O–H groups in total. The van der Waals surface area contributed by atoms with Crippen molar-refractivity contribution in [3.05, 3.63) is 53.1 Å². The number of hydrogen-bond donors (Lipinski definition) is 3. The van der Waals surface area contributed by atoms with Gasteiger partial charge in [0.25, 0.3) is 0 Å². The molecule has 0 spiro atoms. The highest BCUT2D eigenvalue weighted by atomic mass is 19.1. The van der Waals surface area contributed by atoms with E-state index in [0.29, 0.717) is 17.6 Å². The third kappa shape index (κ3) is 4.86. The molecular formula is C20H28FN5O. The van der Waals surface area contributed by atoms with Gasteiger partial charge < -0.3 is 15.7 Å². The van der Waals surface area contributed by atoms with Gasteiger partial charge in [-0.25, -0.2) is 4.39 Å². The van der Waals surface area contributed by atoms with Crippen LogP contribution in [0.4, 0.5) is 4.39 Å². The number of nitrogens with one attached hydrogen (secondary N) is 2. The maximum Gasteiger partial charge on any atom is 0.191 e. The van der Waals surface area contributed by atoms with Gasteiger partial charge in [0.05, 0.1) is 11.8 Å². The first-order chi connectivity index (χ1) is 13.0. The zero-order valence-electron chi connectivity index (χ0n) is 16.1. The summed E-state index contributed by atoms with van der Waals surface area (Å²) in [5, 5.41) is 21.5. The van der Waals surface area contributed by atoms with Crippen molar-refractivity contribution < 1.29 is 9.50 Å². The highest BCUT2D eigenvalue weighted by Crippen LogP contribution is 2.21. The van der Waals surface area contributed by atoms with Crippen molar-refractivity contribution in [2.24, 2.45) is 4.99 Å². The molecule has 146 valence electrons. The van der Waals surface area contributed by atoms with Crippen LogP contribution in [-0.4, -0.2) is 40.5 Å². The van der Waals surface area contributed by atoms with Crippen LogP contribution in [-0.2, 0) is 12.8 Å². The van der Waals surface area contributed by atoms with Crippen molar-refractivity contribution in [1.82, 2.24) is 20.4 Å². The molecule has 0 saturated heterocycles. The summed E-state index contributed by atoms with van der Waals surface area (Å²) in [5.74, 6) is 0.273. The Morgan fingerprint density at radius 3 is 2.96 bits per heavy atom. The van der Waals surface area contributed by atoms with Gasteiger partial charge in [-0.1, -0.05) is 12.1 Å². The zero-order valence-corrected chi connectivity index (χ0v) is 16.1. The molecule has 27 heavy (non-hydrogen) atoms. The predicted octanol–water partition coefficient (Wildman–Crippen LogP) is 2.36. The second-order valence-corrected chi connectivity index (χ2v) is 7.28. The standard InChI is InChI=1S/C20H28FN5O/c1-13(2)26-12-15-7-8-17(10-18(15)25-26)24-20(22-3)23-11-19(27)14-5-4-6-16(21)9-14/h4-6,9,12-13,17,19,27H,7-8,10-11H2,1-3H3,(H2,22,23,24). The molecule has 2 unspecified atom stereocenters. The molecule has 6 nitrogen and oxygen atoms in total. The second-order valence-electron chi connectivity index (χ2n) is 7.28. The number of aliphatic imine (C=N–C) groups is 1. The first-order valence-corrected chi connectivity index (χ1v) is 9.44. The van der Waals surface area contributed by atoms with Gasteiger partial charge in [0.1, 0.15) is 5.82 Å². The topological polar surface area (TPSA) is 74.5 Å². The lowest BCUT2D eigenvalue weighted by molar-refractivity contribution is 0.180. The van der Waals surface area contributed by atoms with Crippen molar-refractivity contribution in [3.63, 3.8) is 0 Å². The van der Waals surface area contributed by atoms with Gasteiger partial charge >= 0.3 is 0 Å². The summed E-state index contributed by atoms with van der Waals surface area (Å²) in [6.45, 7) is 4.51. The molecule has 1 aliphatic carbocycles. The number of hydrogen-bond acceptors (Lipinski definition) is 3. The molecule has 0 amide bonds. The molecule has 2 aromatic rings. The summed E-state index contributed by atoms with van der Waals surface area (Å²) in [6.07, 6.45) is 4.19. The number of fused-ring (bicyclic) bond motifs is 1. The Bertz CT molecular complexity index is 801. The number of halogens is 1. The van der Waals surface area contributed by atoms with Crippen LogP contribution >= 0.6 is 0 Å². The molecule has 1 heterocycles. The molecule has 0 radical (unpaired) electrons. The summed E-state index contributed by atoms with van der Waals surface area (Å²) in [6, 6.07) is 6.61. The average molecular weight is 373 g/mol. The molecule has 1 aromatic heterocycles. The lowest BCUT2D eigenvalue weighted by atomic mass is 9.94. The van der Waals surface area contributed by atoms with Crippen LogP contribution in [0, 0.1) is 5.82 Å². The first kappa shape index (κ1) is 19.4. The van der Waals surface area contributed by atoms with E-state index in [9.17, 15) is 9.50 Å². The molecular weight excluding hydrogens is 345 g/mol. The Kier molecular flexibility index (Phi) is 6.11. The third-order valence-electron chi connectivity index (χ3n) is 4.89. The van der Waals surface area contributed by atoms with Crippen LogP contribution in [0.2, 0.25) is 0 Å². The smallest absolute Gasteiger partial charge is 0.191 e. The van der Waals surface area contributed by atoms with Crippen LogP contribution in [0.25, 0.3) is 0 Å². The molecule has 3 rings (SSSR count). The highest BCUT2D eigenvalue weighted by molar-refractivity contribution is 5.80. The summed E-state index contributed by atoms with van der Waals surface area (Å²) in [4.78, 5) is 4.24. The van der Waals surface area contributed by atoms with Gasteiger partial charge in [-0.3, -0.25) is 9.67 Å². The molecule has 1 aromatic carbocycles. The summed E-state index contributed by atoms with van der Waals surface area (Å²) >= 11 is 0. The minimum absolute atomic E-state index is 0.241. The fourth-order valence-corrected chi connectivity index (χ4v) is 3.31. The van der Waals surface area contributed by atoms with Gasteiger partial charge in [-0.05, 0) is 49.9 Å². The second kappa shape index (κ2) is 8.52. The van der Waals surface area contributed by atoms with Crippen molar-refractivity contribution >= 4 is 5.96 Å². The average Bonchev–Trinajstić information content (AvgIpc) is 3.08. The highest BCUT2D eigenvalue weighted by Gasteiger charge is 2.23. The third-order valence-corrected chi connectivity index (χ3v) is 4.89. The van der Waals surface area contributed by atoms with Crippen LogP contribution in [0.15, 0.2) is 35.5 Å². The number of aryl methyl sites for hydroxylation is 1. The molecule has 0 fully saturated rings.